The van der Waals surface area contributed by atoms with Crippen LogP contribution in [0.3, 0.4) is 0 Å². The zero-order chi connectivity index (χ0) is 10.7. The summed E-state index contributed by atoms with van der Waals surface area (Å²) in [6.45, 7) is 3.33. The van der Waals surface area contributed by atoms with Crippen LogP contribution in [0.5, 0.6) is 0 Å². The fourth-order valence-corrected chi connectivity index (χ4v) is 2.09. The van der Waals surface area contributed by atoms with Crippen molar-refractivity contribution in [2.75, 3.05) is 13.6 Å². The Labute approximate surface area is 91.8 Å². The van der Waals surface area contributed by atoms with Crippen molar-refractivity contribution in [3.05, 3.63) is 48.3 Å². The van der Waals surface area contributed by atoms with Gasteiger partial charge in [-0.3, -0.25) is 0 Å². The molecule has 0 N–H and O–H groups in total. The van der Waals surface area contributed by atoms with Gasteiger partial charge in [-0.1, -0.05) is 37.3 Å². The lowest BCUT2D eigenvalue weighted by Gasteiger charge is -2.30. The first-order valence-electron chi connectivity index (χ1n) is 5.54. The van der Waals surface area contributed by atoms with Gasteiger partial charge in [0, 0.05) is 26.0 Å². The Balaban J connectivity index is 2.20. The first-order valence-corrected chi connectivity index (χ1v) is 5.54. The summed E-state index contributed by atoms with van der Waals surface area (Å²) in [5, 5.41) is 0. The van der Waals surface area contributed by atoms with E-state index in [2.05, 4.69) is 66.5 Å². The van der Waals surface area contributed by atoms with Crippen LogP contribution >= 0.6 is 0 Å². The molecule has 1 unspecified atom stereocenters. The summed E-state index contributed by atoms with van der Waals surface area (Å²) in [6.07, 6.45) is 5.89. The van der Waals surface area contributed by atoms with Crippen LogP contribution in [0.2, 0.25) is 0 Å². The third-order valence-electron chi connectivity index (χ3n) is 2.77. The largest absolute Gasteiger partial charge is 0.355 e. The molecule has 1 atom stereocenters. The van der Waals surface area contributed by atoms with Gasteiger partial charge in [0.1, 0.15) is 6.17 Å². The van der Waals surface area contributed by atoms with Crippen molar-refractivity contribution in [1.29, 1.82) is 0 Å². The molecule has 2 rings (SSSR count). The van der Waals surface area contributed by atoms with E-state index in [0.29, 0.717) is 6.17 Å². The zero-order valence-electron chi connectivity index (χ0n) is 9.43. The highest BCUT2D eigenvalue weighted by molar-refractivity contribution is 5.21. The molecular weight excluding hydrogens is 184 g/mol. The van der Waals surface area contributed by atoms with E-state index in [4.69, 9.17) is 0 Å². The lowest BCUT2D eigenvalue weighted by Crippen LogP contribution is -2.28. The van der Waals surface area contributed by atoms with Crippen LogP contribution in [0.25, 0.3) is 0 Å². The van der Waals surface area contributed by atoms with E-state index < -0.39 is 0 Å². The summed E-state index contributed by atoms with van der Waals surface area (Å²) >= 11 is 0. The van der Waals surface area contributed by atoms with Crippen molar-refractivity contribution in [2.24, 2.45) is 0 Å². The van der Waals surface area contributed by atoms with Crippen LogP contribution in [-0.4, -0.2) is 23.4 Å². The Kier molecular flexibility index (Phi) is 2.95. The number of hydrogen-bond acceptors (Lipinski definition) is 2. The highest BCUT2D eigenvalue weighted by atomic mass is 15.4. The molecule has 80 valence electrons. The van der Waals surface area contributed by atoms with Gasteiger partial charge in [-0.25, -0.2) is 0 Å². The van der Waals surface area contributed by atoms with E-state index in [1.54, 1.807) is 0 Å². The van der Waals surface area contributed by atoms with Crippen molar-refractivity contribution in [2.45, 2.75) is 19.5 Å². The van der Waals surface area contributed by atoms with E-state index in [1.807, 2.05) is 0 Å². The fourth-order valence-electron chi connectivity index (χ4n) is 2.09. The molecule has 0 radical (unpaired) electrons. The van der Waals surface area contributed by atoms with Crippen LogP contribution in [0.1, 0.15) is 25.1 Å². The average molecular weight is 202 g/mol. The molecule has 0 bridgehead atoms. The Morgan fingerprint density at radius 2 is 1.87 bits per heavy atom. The highest BCUT2D eigenvalue weighted by Crippen LogP contribution is 2.28. The monoisotopic (exact) mass is 202 g/mol. The van der Waals surface area contributed by atoms with E-state index >= 15 is 0 Å². The molecule has 15 heavy (non-hydrogen) atoms. The smallest absolute Gasteiger partial charge is 0.127 e. The minimum atomic E-state index is 0.381. The Morgan fingerprint density at radius 1 is 1.13 bits per heavy atom. The molecule has 1 aliphatic heterocycles. The molecular formula is C13H18N2. The second-order valence-electron chi connectivity index (χ2n) is 3.99. The van der Waals surface area contributed by atoms with E-state index in [-0.39, 0.29) is 0 Å². The van der Waals surface area contributed by atoms with Gasteiger partial charge in [-0.15, -0.1) is 0 Å². The van der Waals surface area contributed by atoms with Crippen molar-refractivity contribution < 1.29 is 0 Å². The predicted molar refractivity (Wildman–Crippen MR) is 63.1 cm³/mol. The van der Waals surface area contributed by atoms with E-state index in [9.17, 15) is 0 Å². The lowest BCUT2D eigenvalue weighted by molar-refractivity contribution is 0.179. The predicted octanol–water partition coefficient (Wildman–Crippen LogP) is 2.81. The summed E-state index contributed by atoms with van der Waals surface area (Å²) in [5.41, 5.74) is 1.36. The van der Waals surface area contributed by atoms with Gasteiger partial charge in [0.05, 0.1) is 0 Å². The molecule has 0 aromatic heterocycles. The Morgan fingerprint density at radius 3 is 2.53 bits per heavy atom. The summed E-state index contributed by atoms with van der Waals surface area (Å²) in [6, 6.07) is 10.7. The maximum absolute atomic E-state index is 2.38. The standard InChI is InChI=1S/C13H18N2/c1-3-9-15-11-10-14(2)13(15)12-7-5-4-6-8-12/h4-8,10-11,13H,3,9H2,1-2H3. The molecule has 0 aliphatic carbocycles. The molecule has 1 aliphatic rings. The van der Waals surface area contributed by atoms with Crippen molar-refractivity contribution >= 4 is 0 Å². The molecule has 2 heteroatoms. The first kappa shape index (κ1) is 10.1. The van der Waals surface area contributed by atoms with Crippen LogP contribution in [-0.2, 0) is 0 Å². The second-order valence-corrected chi connectivity index (χ2v) is 3.99. The maximum Gasteiger partial charge on any atom is 0.127 e. The number of rotatable bonds is 3. The Bertz CT molecular complexity index is 332. The quantitative estimate of drug-likeness (QED) is 0.743. The van der Waals surface area contributed by atoms with Gasteiger partial charge >= 0.3 is 0 Å². The molecule has 2 nitrogen and oxygen atoms in total. The molecule has 1 heterocycles. The van der Waals surface area contributed by atoms with E-state index in [1.165, 1.54) is 12.0 Å². The third kappa shape index (κ3) is 1.99. The minimum absolute atomic E-state index is 0.381. The molecule has 0 saturated heterocycles. The SMILES string of the molecule is CCCN1C=CN(C)C1c1ccccc1. The lowest BCUT2D eigenvalue weighted by atomic mass is 10.1. The number of benzene rings is 1. The summed E-state index contributed by atoms with van der Waals surface area (Å²) in [7, 11) is 2.13. The van der Waals surface area contributed by atoms with Crippen molar-refractivity contribution in [1.82, 2.24) is 9.80 Å². The van der Waals surface area contributed by atoms with Crippen molar-refractivity contribution in [3.63, 3.8) is 0 Å². The second kappa shape index (κ2) is 4.39. The molecule has 0 saturated carbocycles. The first-order chi connectivity index (χ1) is 7.33. The zero-order valence-corrected chi connectivity index (χ0v) is 9.43. The van der Waals surface area contributed by atoms with Crippen LogP contribution < -0.4 is 0 Å². The molecule has 1 aromatic rings. The number of hydrogen-bond donors (Lipinski definition) is 0. The Hall–Kier alpha value is -1.44. The van der Waals surface area contributed by atoms with Crippen LogP contribution in [0.4, 0.5) is 0 Å². The van der Waals surface area contributed by atoms with Gasteiger partial charge in [0.15, 0.2) is 0 Å². The summed E-state index contributed by atoms with van der Waals surface area (Å²) < 4.78 is 0. The topological polar surface area (TPSA) is 6.48 Å². The van der Waals surface area contributed by atoms with Gasteiger partial charge in [-0.05, 0) is 12.0 Å². The minimum Gasteiger partial charge on any atom is -0.355 e. The summed E-state index contributed by atoms with van der Waals surface area (Å²) in [4.78, 5) is 4.64. The van der Waals surface area contributed by atoms with Gasteiger partial charge < -0.3 is 9.80 Å². The van der Waals surface area contributed by atoms with E-state index in [0.717, 1.165) is 6.54 Å². The summed E-state index contributed by atoms with van der Waals surface area (Å²) in [5.74, 6) is 0. The molecule has 0 spiro atoms. The van der Waals surface area contributed by atoms with Crippen molar-refractivity contribution in [3.8, 4) is 0 Å². The third-order valence-corrected chi connectivity index (χ3v) is 2.77. The normalized spacial score (nSPS) is 20.0. The maximum atomic E-state index is 2.38. The fraction of sp³-hybridized carbons (Fsp3) is 0.385. The highest BCUT2D eigenvalue weighted by Gasteiger charge is 2.23. The van der Waals surface area contributed by atoms with Gasteiger partial charge in [0.2, 0.25) is 0 Å². The molecule has 1 aromatic carbocycles. The number of nitrogens with zero attached hydrogens (tertiary/aromatic N) is 2. The molecule has 0 amide bonds. The average Bonchev–Trinajstić information content (AvgIpc) is 2.62. The van der Waals surface area contributed by atoms with Crippen LogP contribution in [0, 0.1) is 0 Å². The molecule has 0 fully saturated rings. The van der Waals surface area contributed by atoms with Crippen LogP contribution in [0.15, 0.2) is 42.7 Å². The van der Waals surface area contributed by atoms with Gasteiger partial charge in [0.25, 0.3) is 0 Å². The van der Waals surface area contributed by atoms with Gasteiger partial charge in [-0.2, -0.15) is 0 Å².